The fourth-order valence-corrected chi connectivity index (χ4v) is 2.58. The van der Waals surface area contributed by atoms with Crippen LogP contribution in [-0.2, 0) is 20.0 Å². The Morgan fingerprint density at radius 3 is 3.06 bits per heavy atom. The maximum Gasteiger partial charge on any atom is 0.0726 e. The Bertz CT molecular complexity index is 555. The van der Waals surface area contributed by atoms with Gasteiger partial charge in [-0.15, -0.1) is 0 Å². The number of rotatable bonds is 1. The molecular weight excluding hydrogens is 210 g/mol. The zero-order valence-corrected chi connectivity index (χ0v) is 10.3. The first-order valence-corrected chi connectivity index (χ1v) is 6.08. The van der Waals surface area contributed by atoms with Gasteiger partial charge in [-0.05, 0) is 13.0 Å². The van der Waals surface area contributed by atoms with Crippen LogP contribution in [0, 0.1) is 6.92 Å². The second kappa shape index (κ2) is 4.00. The topological polar surface area (TPSA) is 29.9 Å². The van der Waals surface area contributed by atoms with Gasteiger partial charge in [0.1, 0.15) is 0 Å². The van der Waals surface area contributed by atoms with E-state index in [4.69, 9.17) is 0 Å². The second-order valence-corrected chi connectivity index (χ2v) is 4.69. The fraction of sp³-hybridized carbons (Fsp3) is 0.357. The van der Waals surface area contributed by atoms with Crippen molar-refractivity contribution in [2.45, 2.75) is 19.9 Å². The highest BCUT2D eigenvalue weighted by molar-refractivity contribution is 5.65. The molecule has 3 nitrogen and oxygen atoms in total. The summed E-state index contributed by atoms with van der Waals surface area (Å²) in [6, 6.07) is 8.63. The lowest BCUT2D eigenvalue weighted by molar-refractivity contribution is 0.633. The maximum absolute atomic E-state index is 4.63. The molecule has 0 atom stereocenters. The molecular formula is C14H17N3. The van der Waals surface area contributed by atoms with Crippen LogP contribution in [-0.4, -0.2) is 16.3 Å². The first-order chi connectivity index (χ1) is 8.25. The molecule has 0 radical (unpaired) electrons. The minimum atomic E-state index is 0.937. The summed E-state index contributed by atoms with van der Waals surface area (Å²) in [5.41, 5.74) is 6.44. The molecule has 2 aromatic rings. The highest BCUT2D eigenvalue weighted by Gasteiger charge is 2.19. The first kappa shape index (κ1) is 10.5. The smallest absolute Gasteiger partial charge is 0.0726 e. The number of aromatic nitrogens is 2. The molecule has 1 N–H and O–H groups in total. The summed E-state index contributed by atoms with van der Waals surface area (Å²) in [5, 5.41) is 8.06. The summed E-state index contributed by atoms with van der Waals surface area (Å²) in [4.78, 5) is 0. The molecule has 1 aromatic heterocycles. The Balaban J connectivity index is 2.17. The number of benzene rings is 1. The lowest BCUT2D eigenvalue weighted by Gasteiger charge is -2.13. The minimum absolute atomic E-state index is 0.937. The summed E-state index contributed by atoms with van der Waals surface area (Å²) in [6.45, 7) is 4.11. The van der Waals surface area contributed by atoms with Crippen LogP contribution < -0.4 is 5.32 Å². The van der Waals surface area contributed by atoms with Crippen molar-refractivity contribution in [3.05, 3.63) is 41.1 Å². The summed E-state index contributed by atoms with van der Waals surface area (Å²) < 4.78 is 2.02. The van der Waals surface area contributed by atoms with Crippen LogP contribution in [0.4, 0.5) is 0 Å². The van der Waals surface area contributed by atoms with Crippen LogP contribution in [0.1, 0.15) is 16.8 Å². The number of nitrogens with one attached hydrogen (secondary N) is 1. The standard InChI is InChI=1S/C14H17N3/c1-10-4-3-5-11(8-10)14-12-9-15-7-6-13(12)16-17(14)2/h3-5,8,15H,6-7,9H2,1-2H3. The summed E-state index contributed by atoms with van der Waals surface area (Å²) in [7, 11) is 2.04. The number of nitrogens with zero attached hydrogens (tertiary/aromatic N) is 2. The van der Waals surface area contributed by atoms with Crippen LogP contribution in [0.3, 0.4) is 0 Å². The molecule has 0 bridgehead atoms. The van der Waals surface area contributed by atoms with E-state index in [2.05, 4.69) is 41.6 Å². The summed E-state index contributed by atoms with van der Waals surface area (Å²) in [6.07, 6.45) is 1.04. The van der Waals surface area contributed by atoms with Crippen LogP contribution in [0.2, 0.25) is 0 Å². The highest BCUT2D eigenvalue weighted by atomic mass is 15.3. The van der Waals surface area contributed by atoms with Gasteiger partial charge in [0.25, 0.3) is 0 Å². The number of fused-ring (bicyclic) bond motifs is 1. The molecule has 1 aromatic carbocycles. The molecule has 17 heavy (non-hydrogen) atoms. The highest BCUT2D eigenvalue weighted by Crippen LogP contribution is 2.28. The third kappa shape index (κ3) is 1.76. The van der Waals surface area contributed by atoms with Gasteiger partial charge in [0.05, 0.1) is 11.4 Å². The van der Waals surface area contributed by atoms with E-state index in [1.54, 1.807) is 0 Å². The minimum Gasteiger partial charge on any atom is -0.312 e. The summed E-state index contributed by atoms with van der Waals surface area (Å²) >= 11 is 0. The molecule has 2 heterocycles. The van der Waals surface area contributed by atoms with Gasteiger partial charge in [-0.25, -0.2) is 0 Å². The molecule has 0 saturated heterocycles. The predicted octanol–water partition coefficient (Wildman–Crippen LogP) is 2.04. The van der Waals surface area contributed by atoms with Crippen LogP contribution in [0.15, 0.2) is 24.3 Å². The molecule has 1 aliphatic rings. The van der Waals surface area contributed by atoms with Crippen molar-refractivity contribution in [3.63, 3.8) is 0 Å². The van der Waals surface area contributed by atoms with Crippen molar-refractivity contribution in [1.82, 2.24) is 15.1 Å². The zero-order chi connectivity index (χ0) is 11.8. The van der Waals surface area contributed by atoms with E-state index in [1.807, 2.05) is 11.7 Å². The molecule has 0 aliphatic carbocycles. The normalized spacial score (nSPS) is 14.7. The Kier molecular flexibility index (Phi) is 2.48. The third-order valence-electron chi connectivity index (χ3n) is 3.36. The van der Waals surface area contributed by atoms with Crippen LogP contribution in [0.25, 0.3) is 11.3 Å². The zero-order valence-electron chi connectivity index (χ0n) is 10.3. The molecule has 88 valence electrons. The van der Waals surface area contributed by atoms with Gasteiger partial charge in [0.2, 0.25) is 0 Å². The monoisotopic (exact) mass is 227 g/mol. The first-order valence-electron chi connectivity index (χ1n) is 6.08. The quantitative estimate of drug-likeness (QED) is 0.808. The van der Waals surface area contributed by atoms with Gasteiger partial charge >= 0.3 is 0 Å². The Hall–Kier alpha value is -1.61. The Labute approximate surface area is 101 Å². The van der Waals surface area contributed by atoms with Crippen molar-refractivity contribution in [2.24, 2.45) is 7.05 Å². The van der Waals surface area contributed by atoms with Gasteiger partial charge < -0.3 is 5.32 Å². The van der Waals surface area contributed by atoms with E-state index in [1.165, 1.54) is 28.1 Å². The maximum atomic E-state index is 4.63. The Morgan fingerprint density at radius 2 is 2.24 bits per heavy atom. The van der Waals surface area contributed by atoms with Crippen molar-refractivity contribution >= 4 is 0 Å². The molecule has 0 fully saturated rings. The lowest BCUT2D eigenvalue weighted by atomic mass is 10.0. The number of hydrogen-bond donors (Lipinski definition) is 1. The SMILES string of the molecule is Cc1cccc(-c2c3c(nn2C)CCNC3)c1. The van der Waals surface area contributed by atoms with Crippen molar-refractivity contribution in [1.29, 1.82) is 0 Å². The number of hydrogen-bond acceptors (Lipinski definition) is 2. The molecule has 0 unspecified atom stereocenters. The van der Waals surface area contributed by atoms with Crippen LogP contribution in [0.5, 0.6) is 0 Å². The van der Waals surface area contributed by atoms with Crippen molar-refractivity contribution in [3.8, 4) is 11.3 Å². The second-order valence-electron chi connectivity index (χ2n) is 4.69. The van der Waals surface area contributed by atoms with Crippen LogP contribution >= 0.6 is 0 Å². The Morgan fingerprint density at radius 1 is 1.35 bits per heavy atom. The molecule has 0 amide bonds. The lowest BCUT2D eigenvalue weighted by Crippen LogP contribution is -2.23. The summed E-state index contributed by atoms with van der Waals surface area (Å²) in [5.74, 6) is 0. The average molecular weight is 227 g/mol. The van der Waals surface area contributed by atoms with Gasteiger partial charge in [-0.2, -0.15) is 5.10 Å². The average Bonchev–Trinajstić information content (AvgIpc) is 2.64. The fourth-order valence-electron chi connectivity index (χ4n) is 2.58. The van der Waals surface area contributed by atoms with Crippen molar-refractivity contribution in [2.75, 3.05) is 6.54 Å². The number of aryl methyl sites for hydroxylation is 2. The van der Waals surface area contributed by atoms with E-state index >= 15 is 0 Å². The molecule has 0 saturated carbocycles. The molecule has 3 heteroatoms. The molecule has 0 spiro atoms. The van der Waals surface area contributed by atoms with E-state index < -0.39 is 0 Å². The van der Waals surface area contributed by atoms with Crippen molar-refractivity contribution < 1.29 is 0 Å². The van der Waals surface area contributed by atoms with E-state index in [9.17, 15) is 0 Å². The van der Waals surface area contributed by atoms with Gasteiger partial charge in [0.15, 0.2) is 0 Å². The molecule has 3 rings (SSSR count). The van der Waals surface area contributed by atoms with E-state index in [0.29, 0.717) is 0 Å². The molecule has 1 aliphatic heterocycles. The van der Waals surface area contributed by atoms with Gasteiger partial charge in [-0.1, -0.05) is 23.8 Å². The van der Waals surface area contributed by atoms with E-state index in [0.717, 1.165) is 19.5 Å². The van der Waals surface area contributed by atoms with Gasteiger partial charge in [-0.3, -0.25) is 4.68 Å². The predicted molar refractivity (Wildman–Crippen MR) is 68.8 cm³/mol. The van der Waals surface area contributed by atoms with Gasteiger partial charge in [0, 0.05) is 37.7 Å². The third-order valence-corrected chi connectivity index (χ3v) is 3.36. The largest absolute Gasteiger partial charge is 0.312 e. The van der Waals surface area contributed by atoms with E-state index in [-0.39, 0.29) is 0 Å².